The summed E-state index contributed by atoms with van der Waals surface area (Å²) in [6.07, 6.45) is 3.16. The highest BCUT2D eigenvalue weighted by atomic mass is 35.5. The van der Waals surface area contributed by atoms with Gasteiger partial charge in [-0.25, -0.2) is 4.79 Å². The SMILES string of the molecule is COCCNC(=O)c1cc(NC(=O)Nc2ccc(Cl)cc2Cl)ccc1N1CCC(Cc2ccccc2)CC1. The van der Waals surface area contributed by atoms with Gasteiger partial charge in [-0.05, 0) is 67.1 Å². The van der Waals surface area contributed by atoms with E-state index in [9.17, 15) is 9.59 Å². The van der Waals surface area contributed by atoms with Gasteiger partial charge < -0.3 is 25.6 Å². The van der Waals surface area contributed by atoms with E-state index in [0.717, 1.165) is 38.0 Å². The van der Waals surface area contributed by atoms with E-state index in [0.29, 0.717) is 46.1 Å². The van der Waals surface area contributed by atoms with E-state index < -0.39 is 6.03 Å². The number of hydrogen-bond acceptors (Lipinski definition) is 4. The number of halogens is 2. The van der Waals surface area contributed by atoms with Crippen LogP contribution in [0.25, 0.3) is 0 Å². The maximum atomic E-state index is 13.1. The van der Waals surface area contributed by atoms with Gasteiger partial charge in [0.2, 0.25) is 0 Å². The van der Waals surface area contributed by atoms with Crippen molar-refractivity contribution in [1.82, 2.24) is 5.32 Å². The average Bonchev–Trinajstić information content (AvgIpc) is 2.91. The van der Waals surface area contributed by atoms with Crippen molar-refractivity contribution < 1.29 is 14.3 Å². The number of ether oxygens (including phenoxy) is 1. The summed E-state index contributed by atoms with van der Waals surface area (Å²) < 4.78 is 5.08. The summed E-state index contributed by atoms with van der Waals surface area (Å²) >= 11 is 12.1. The molecule has 0 atom stereocenters. The average molecular weight is 556 g/mol. The maximum absolute atomic E-state index is 13.1. The second-order valence-electron chi connectivity index (χ2n) is 9.30. The van der Waals surface area contributed by atoms with Gasteiger partial charge in [0, 0.05) is 43.1 Å². The van der Waals surface area contributed by atoms with E-state index in [2.05, 4.69) is 45.1 Å². The fourth-order valence-electron chi connectivity index (χ4n) is 4.63. The lowest BCUT2D eigenvalue weighted by atomic mass is 9.89. The Kier molecular flexibility index (Phi) is 9.87. The molecule has 1 fully saturated rings. The Morgan fingerprint density at radius 3 is 2.45 bits per heavy atom. The molecule has 0 saturated carbocycles. The molecule has 0 aliphatic carbocycles. The Morgan fingerprint density at radius 2 is 1.74 bits per heavy atom. The van der Waals surface area contributed by atoms with Gasteiger partial charge in [0.25, 0.3) is 5.91 Å². The number of urea groups is 1. The molecule has 9 heteroatoms. The van der Waals surface area contributed by atoms with Crippen LogP contribution in [0.5, 0.6) is 0 Å². The van der Waals surface area contributed by atoms with Gasteiger partial charge in [0.15, 0.2) is 0 Å². The molecule has 3 aromatic rings. The lowest BCUT2D eigenvalue weighted by Crippen LogP contribution is -2.36. The Bertz CT molecular complexity index is 1250. The normalized spacial score (nSPS) is 13.7. The zero-order chi connectivity index (χ0) is 26.9. The van der Waals surface area contributed by atoms with Gasteiger partial charge in [-0.15, -0.1) is 0 Å². The van der Waals surface area contributed by atoms with Crippen molar-refractivity contribution >= 4 is 52.2 Å². The number of nitrogens with one attached hydrogen (secondary N) is 3. The number of amides is 3. The van der Waals surface area contributed by atoms with E-state index in [1.54, 1.807) is 37.4 Å². The van der Waals surface area contributed by atoms with Gasteiger partial charge in [0.1, 0.15) is 0 Å². The molecule has 1 aliphatic rings. The molecule has 3 N–H and O–H groups in total. The zero-order valence-electron chi connectivity index (χ0n) is 21.3. The summed E-state index contributed by atoms with van der Waals surface area (Å²) in [5, 5.41) is 9.22. The fourth-order valence-corrected chi connectivity index (χ4v) is 5.09. The van der Waals surface area contributed by atoms with Crippen LogP contribution in [0.15, 0.2) is 66.7 Å². The third-order valence-electron chi connectivity index (χ3n) is 6.59. The molecule has 4 rings (SSSR count). The molecule has 0 bridgehead atoms. The Morgan fingerprint density at radius 1 is 0.974 bits per heavy atom. The Labute approximate surface area is 233 Å². The van der Waals surface area contributed by atoms with Crippen molar-refractivity contribution in [1.29, 1.82) is 0 Å². The number of methoxy groups -OCH3 is 1. The first-order valence-corrected chi connectivity index (χ1v) is 13.4. The minimum atomic E-state index is -0.477. The Balaban J connectivity index is 1.46. The van der Waals surface area contributed by atoms with Crippen LogP contribution in [0.1, 0.15) is 28.8 Å². The largest absolute Gasteiger partial charge is 0.383 e. The van der Waals surface area contributed by atoms with E-state index >= 15 is 0 Å². The highest BCUT2D eigenvalue weighted by Crippen LogP contribution is 2.31. The summed E-state index contributed by atoms with van der Waals surface area (Å²) in [7, 11) is 1.59. The lowest BCUT2D eigenvalue weighted by molar-refractivity contribution is 0.0937. The number of hydrogen-bond donors (Lipinski definition) is 3. The zero-order valence-corrected chi connectivity index (χ0v) is 22.8. The standard InChI is InChI=1S/C29H32Cl2N4O3/c1-38-16-13-32-28(36)24-19-23(33-29(37)34-26-9-7-22(30)18-25(26)31)8-10-27(24)35-14-11-21(12-15-35)17-20-5-3-2-4-6-20/h2-10,18-19,21H,11-17H2,1H3,(H,32,36)(H2,33,34,37). The minimum absolute atomic E-state index is 0.215. The first-order valence-electron chi connectivity index (χ1n) is 12.7. The van der Waals surface area contributed by atoms with Crippen LogP contribution in [0.4, 0.5) is 21.9 Å². The van der Waals surface area contributed by atoms with Crippen molar-refractivity contribution in [3.05, 3.63) is 87.9 Å². The van der Waals surface area contributed by atoms with E-state index in [4.69, 9.17) is 27.9 Å². The number of benzene rings is 3. The van der Waals surface area contributed by atoms with Crippen LogP contribution in [0.3, 0.4) is 0 Å². The van der Waals surface area contributed by atoms with Gasteiger partial charge in [-0.2, -0.15) is 0 Å². The predicted molar refractivity (Wildman–Crippen MR) is 155 cm³/mol. The molecule has 200 valence electrons. The van der Waals surface area contributed by atoms with Crippen molar-refractivity contribution in [2.24, 2.45) is 5.92 Å². The number of nitrogens with zero attached hydrogens (tertiary/aromatic N) is 1. The van der Waals surface area contributed by atoms with Crippen molar-refractivity contribution in [2.75, 3.05) is 48.9 Å². The quantitative estimate of drug-likeness (QED) is 0.264. The van der Waals surface area contributed by atoms with E-state index in [1.807, 2.05) is 12.1 Å². The van der Waals surface area contributed by atoms with Crippen molar-refractivity contribution in [3.63, 3.8) is 0 Å². The minimum Gasteiger partial charge on any atom is -0.383 e. The summed E-state index contributed by atoms with van der Waals surface area (Å²) in [4.78, 5) is 28.0. The molecule has 0 unspecified atom stereocenters. The molecule has 7 nitrogen and oxygen atoms in total. The van der Waals surface area contributed by atoms with E-state index in [-0.39, 0.29) is 5.91 Å². The maximum Gasteiger partial charge on any atom is 0.323 e. The molecular weight excluding hydrogens is 523 g/mol. The van der Waals surface area contributed by atoms with Crippen LogP contribution in [0.2, 0.25) is 10.0 Å². The number of carbonyl (C=O) groups is 2. The highest BCUT2D eigenvalue weighted by molar-refractivity contribution is 6.36. The molecule has 1 heterocycles. The molecule has 0 aromatic heterocycles. The molecule has 1 saturated heterocycles. The van der Waals surface area contributed by atoms with Crippen LogP contribution in [-0.2, 0) is 11.2 Å². The molecule has 38 heavy (non-hydrogen) atoms. The Hall–Kier alpha value is -3.26. The number of rotatable bonds is 9. The topological polar surface area (TPSA) is 82.7 Å². The molecule has 3 aromatic carbocycles. The third-order valence-corrected chi connectivity index (χ3v) is 7.14. The molecule has 0 spiro atoms. The first kappa shape index (κ1) is 27.8. The molecular formula is C29H32Cl2N4O3. The molecule has 1 aliphatic heterocycles. The smallest absolute Gasteiger partial charge is 0.323 e. The van der Waals surface area contributed by atoms with Gasteiger partial charge in [-0.3, -0.25) is 4.79 Å². The lowest BCUT2D eigenvalue weighted by Gasteiger charge is -2.35. The monoisotopic (exact) mass is 554 g/mol. The molecule has 3 amide bonds. The highest BCUT2D eigenvalue weighted by Gasteiger charge is 2.24. The van der Waals surface area contributed by atoms with Gasteiger partial charge >= 0.3 is 6.03 Å². The number of anilines is 3. The van der Waals surface area contributed by atoms with Crippen LogP contribution in [0, 0.1) is 5.92 Å². The predicted octanol–water partition coefficient (Wildman–Crippen LogP) is 6.47. The number of carbonyl (C=O) groups excluding carboxylic acids is 2. The van der Waals surface area contributed by atoms with Gasteiger partial charge in [0.05, 0.1) is 22.9 Å². The summed E-state index contributed by atoms with van der Waals surface area (Å²) in [5.41, 5.74) is 3.64. The molecule has 0 radical (unpaired) electrons. The van der Waals surface area contributed by atoms with E-state index in [1.165, 1.54) is 5.56 Å². The first-order chi connectivity index (χ1) is 18.4. The summed E-state index contributed by atoms with van der Waals surface area (Å²) in [6.45, 7) is 2.52. The van der Waals surface area contributed by atoms with Crippen molar-refractivity contribution in [3.8, 4) is 0 Å². The third kappa shape index (κ3) is 7.63. The summed E-state index contributed by atoms with van der Waals surface area (Å²) in [6, 6.07) is 20.3. The van der Waals surface area contributed by atoms with Crippen LogP contribution >= 0.6 is 23.2 Å². The van der Waals surface area contributed by atoms with Crippen molar-refractivity contribution in [2.45, 2.75) is 19.3 Å². The summed E-state index contributed by atoms with van der Waals surface area (Å²) in [5.74, 6) is 0.394. The van der Waals surface area contributed by atoms with Gasteiger partial charge in [-0.1, -0.05) is 53.5 Å². The van der Waals surface area contributed by atoms with Crippen LogP contribution < -0.4 is 20.9 Å². The second-order valence-corrected chi connectivity index (χ2v) is 10.1. The second kappa shape index (κ2) is 13.5. The number of piperidine rings is 1. The van der Waals surface area contributed by atoms with Crippen LogP contribution in [-0.4, -0.2) is 45.3 Å². The fraction of sp³-hybridized carbons (Fsp3) is 0.310.